The summed E-state index contributed by atoms with van der Waals surface area (Å²) < 4.78 is 10.3. The topological polar surface area (TPSA) is 51.5 Å². The highest BCUT2D eigenvalue weighted by Crippen LogP contribution is 2.15. The van der Waals surface area contributed by atoms with Crippen molar-refractivity contribution in [2.24, 2.45) is 5.92 Å². The van der Waals surface area contributed by atoms with Crippen LogP contribution < -0.4 is 5.32 Å². The molecule has 0 aliphatic rings. The average Bonchev–Trinajstić information content (AvgIpc) is 2.81. The predicted molar refractivity (Wildman–Crippen MR) is 84.4 cm³/mol. The molecule has 21 heavy (non-hydrogen) atoms. The molecule has 0 amide bonds. The summed E-state index contributed by atoms with van der Waals surface area (Å²) in [7, 11) is 1.38. The second-order valence-electron chi connectivity index (χ2n) is 5.95. The number of ether oxygens (including phenoxy) is 1. The number of rotatable bonds is 10. The third-order valence-electron chi connectivity index (χ3n) is 3.56. The molecule has 0 fully saturated rings. The normalized spacial score (nSPS) is 11.1. The Balaban J connectivity index is 2.14. The van der Waals surface area contributed by atoms with E-state index in [1.165, 1.54) is 39.2 Å². The van der Waals surface area contributed by atoms with E-state index in [0.29, 0.717) is 17.9 Å². The molecule has 4 nitrogen and oxygen atoms in total. The monoisotopic (exact) mass is 295 g/mol. The van der Waals surface area contributed by atoms with Crippen molar-refractivity contribution in [3.05, 3.63) is 23.2 Å². The van der Waals surface area contributed by atoms with Crippen LogP contribution in [0.1, 0.15) is 67.8 Å². The first-order chi connectivity index (χ1) is 10.0. The van der Waals surface area contributed by atoms with E-state index in [9.17, 15) is 4.79 Å². The van der Waals surface area contributed by atoms with Crippen LogP contribution in [0.4, 0.5) is 0 Å². The lowest BCUT2D eigenvalue weighted by Gasteiger charge is -2.05. The summed E-state index contributed by atoms with van der Waals surface area (Å²) in [5, 5.41) is 3.35. The molecule has 0 spiro atoms. The van der Waals surface area contributed by atoms with Crippen molar-refractivity contribution in [2.45, 2.75) is 59.4 Å². The minimum Gasteiger partial charge on any atom is -0.465 e. The van der Waals surface area contributed by atoms with E-state index in [-0.39, 0.29) is 5.97 Å². The predicted octanol–water partition coefficient (Wildman–Crippen LogP) is 4.07. The zero-order valence-electron chi connectivity index (χ0n) is 13.8. The molecular formula is C17H29NO3. The van der Waals surface area contributed by atoms with Crippen LogP contribution >= 0.6 is 0 Å². The molecule has 0 saturated heterocycles. The summed E-state index contributed by atoms with van der Waals surface area (Å²) in [4.78, 5) is 11.5. The van der Waals surface area contributed by atoms with Crippen LogP contribution in [0.5, 0.6) is 0 Å². The lowest BCUT2D eigenvalue weighted by atomic mass is 10.0. The van der Waals surface area contributed by atoms with Crippen LogP contribution in [0, 0.1) is 12.8 Å². The fourth-order valence-corrected chi connectivity index (χ4v) is 2.31. The lowest BCUT2D eigenvalue weighted by molar-refractivity contribution is 0.0599. The van der Waals surface area contributed by atoms with Gasteiger partial charge in [-0.2, -0.15) is 0 Å². The Hall–Kier alpha value is -1.29. The average molecular weight is 295 g/mol. The number of hydrogen-bond donors (Lipinski definition) is 1. The largest absolute Gasteiger partial charge is 0.465 e. The number of aryl methyl sites for hydroxylation is 1. The summed E-state index contributed by atoms with van der Waals surface area (Å²) in [6.07, 6.45) is 6.42. The molecule has 120 valence electrons. The highest BCUT2D eigenvalue weighted by molar-refractivity contribution is 5.90. The third kappa shape index (κ3) is 6.80. The van der Waals surface area contributed by atoms with Crippen LogP contribution in [0.15, 0.2) is 10.5 Å². The SMILES string of the molecule is COC(=O)c1cc(CNCCCCCCC(C)C)oc1C. The van der Waals surface area contributed by atoms with E-state index in [1.807, 2.05) is 0 Å². The van der Waals surface area contributed by atoms with Crippen LogP contribution in [0.25, 0.3) is 0 Å². The Morgan fingerprint density at radius 3 is 2.67 bits per heavy atom. The van der Waals surface area contributed by atoms with Crippen LogP contribution in [0.3, 0.4) is 0 Å². The van der Waals surface area contributed by atoms with Gasteiger partial charge in [-0.15, -0.1) is 0 Å². The second-order valence-corrected chi connectivity index (χ2v) is 5.95. The maximum atomic E-state index is 11.5. The van der Waals surface area contributed by atoms with Crippen molar-refractivity contribution in [1.29, 1.82) is 0 Å². The molecule has 0 saturated carbocycles. The van der Waals surface area contributed by atoms with E-state index in [0.717, 1.165) is 18.2 Å². The van der Waals surface area contributed by atoms with Crippen molar-refractivity contribution in [2.75, 3.05) is 13.7 Å². The Morgan fingerprint density at radius 1 is 1.29 bits per heavy atom. The number of methoxy groups -OCH3 is 1. The molecule has 0 unspecified atom stereocenters. The van der Waals surface area contributed by atoms with Crippen LogP contribution in [-0.4, -0.2) is 19.6 Å². The highest BCUT2D eigenvalue weighted by atomic mass is 16.5. The summed E-state index contributed by atoms with van der Waals surface area (Å²) in [5.41, 5.74) is 0.517. The molecule has 0 aromatic carbocycles. The molecule has 4 heteroatoms. The number of furan rings is 1. The zero-order chi connectivity index (χ0) is 15.7. The molecule has 0 atom stereocenters. The van der Waals surface area contributed by atoms with Gasteiger partial charge in [0.2, 0.25) is 0 Å². The fourth-order valence-electron chi connectivity index (χ4n) is 2.31. The van der Waals surface area contributed by atoms with Crippen molar-refractivity contribution in [3.63, 3.8) is 0 Å². The number of hydrogen-bond acceptors (Lipinski definition) is 4. The van der Waals surface area contributed by atoms with E-state index in [1.54, 1.807) is 13.0 Å². The van der Waals surface area contributed by atoms with Crippen molar-refractivity contribution in [1.82, 2.24) is 5.32 Å². The number of esters is 1. The van der Waals surface area contributed by atoms with Gasteiger partial charge >= 0.3 is 5.97 Å². The Labute approximate surface area is 128 Å². The first-order valence-electron chi connectivity index (χ1n) is 7.93. The van der Waals surface area contributed by atoms with Gasteiger partial charge in [-0.25, -0.2) is 4.79 Å². The minimum atomic E-state index is -0.340. The standard InChI is InChI=1S/C17H29NO3/c1-13(2)9-7-5-6-8-10-18-12-15-11-16(14(3)21-15)17(19)20-4/h11,13,18H,5-10,12H2,1-4H3. The first kappa shape index (κ1) is 17.8. The van der Waals surface area contributed by atoms with Gasteiger partial charge in [0.1, 0.15) is 17.1 Å². The fraction of sp³-hybridized carbons (Fsp3) is 0.706. The Morgan fingerprint density at radius 2 is 2.00 bits per heavy atom. The molecule has 0 aliphatic heterocycles. The van der Waals surface area contributed by atoms with E-state index < -0.39 is 0 Å². The minimum absolute atomic E-state index is 0.340. The summed E-state index contributed by atoms with van der Waals surface area (Å²) in [6, 6.07) is 1.76. The summed E-state index contributed by atoms with van der Waals surface area (Å²) in [6.45, 7) is 7.97. The van der Waals surface area contributed by atoms with Gasteiger partial charge in [0.25, 0.3) is 0 Å². The molecular weight excluding hydrogens is 266 g/mol. The number of nitrogens with one attached hydrogen (secondary N) is 1. The zero-order valence-corrected chi connectivity index (χ0v) is 13.8. The number of carbonyl (C=O) groups excluding carboxylic acids is 1. The Bertz CT molecular complexity index is 424. The van der Waals surface area contributed by atoms with Crippen molar-refractivity contribution in [3.8, 4) is 0 Å². The molecule has 1 aromatic rings. The van der Waals surface area contributed by atoms with E-state index >= 15 is 0 Å². The van der Waals surface area contributed by atoms with Gasteiger partial charge in [-0.3, -0.25) is 0 Å². The maximum Gasteiger partial charge on any atom is 0.341 e. The molecule has 1 N–H and O–H groups in total. The second kappa shape index (κ2) is 9.61. The van der Waals surface area contributed by atoms with Gasteiger partial charge in [0.15, 0.2) is 0 Å². The number of carbonyl (C=O) groups is 1. The third-order valence-corrected chi connectivity index (χ3v) is 3.56. The molecule has 1 rings (SSSR count). The maximum absolute atomic E-state index is 11.5. The van der Waals surface area contributed by atoms with Crippen LogP contribution in [0.2, 0.25) is 0 Å². The van der Waals surface area contributed by atoms with Crippen molar-refractivity contribution < 1.29 is 13.9 Å². The van der Waals surface area contributed by atoms with Gasteiger partial charge in [-0.05, 0) is 31.9 Å². The van der Waals surface area contributed by atoms with E-state index in [2.05, 4.69) is 19.2 Å². The lowest BCUT2D eigenvalue weighted by Crippen LogP contribution is -2.14. The van der Waals surface area contributed by atoms with Gasteiger partial charge < -0.3 is 14.5 Å². The summed E-state index contributed by atoms with van der Waals surface area (Å²) in [5.74, 6) is 1.88. The summed E-state index contributed by atoms with van der Waals surface area (Å²) >= 11 is 0. The van der Waals surface area contributed by atoms with Crippen LogP contribution in [-0.2, 0) is 11.3 Å². The molecule has 0 bridgehead atoms. The van der Waals surface area contributed by atoms with Crippen molar-refractivity contribution >= 4 is 5.97 Å². The molecule has 0 aliphatic carbocycles. The first-order valence-corrected chi connectivity index (χ1v) is 7.93. The molecule has 1 heterocycles. The molecule has 1 aromatic heterocycles. The van der Waals surface area contributed by atoms with Gasteiger partial charge in [0.05, 0.1) is 13.7 Å². The quantitative estimate of drug-likeness (QED) is 0.522. The Kier molecular flexibility index (Phi) is 8.13. The number of unbranched alkanes of at least 4 members (excludes halogenated alkanes) is 3. The van der Waals surface area contributed by atoms with E-state index in [4.69, 9.17) is 9.15 Å². The van der Waals surface area contributed by atoms with Gasteiger partial charge in [0, 0.05) is 0 Å². The highest BCUT2D eigenvalue weighted by Gasteiger charge is 2.14. The van der Waals surface area contributed by atoms with Gasteiger partial charge in [-0.1, -0.05) is 39.5 Å². The molecule has 0 radical (unpaired) electrons. The smallest absolute Gasteiger partial charge is 0.341 e.